The van der Waals surface area contributed by atoms with Gasteiger partial charge in [0.2, 0.25) is 0 Å². The molecule has 0 fully saturated rings. The first kappa shape index (κ1) is 8.89. The summed E-state index contributed by atoms with van der Waals surface area (Å²) < 4.78 is 0. The number of halogens is 1. The second kappa shape index (κ2) is 6.02. The zero-order chi connectivity index (χ0) is 7.11. The fourth-order valence-corrected chi connectivity index (χ4v) is 0.694. The standard InChI is InChI=1S/C7H11BrO/c1-7(9)5-3-2-4-6-8/h2-3H,4-6H2,1H3/b3-2-. The highest BCUT2D eigenvalue weighted by molar-refractivity contribution is 9.09. The first-order chi connectivity index (χ1) is 4.27. The maximum absolute atomic E-state index is 10.3. The van der Waals surface area contributed by atoms with Crippen molar-refractivity contribution in [2.24, 2.45) is 0 Å². The van der Waals surface area contributed by atoms with Crippen LogP contribution in [0.25, 0.3) is 0 Å². The number of allylic oxidation sites excluding steroid dienone is 2. The lowest BCUT2D eigenvalue weighted by Crippen LogP contribution is -1.83. The van der Waals surface area contributed by atoms with Crippen molar-refractivity contribution in [3.8, 4) is 0 Å². The lowest BCUT2D eigenvalue weighted by atomic mass is 10.3. The van der Waals surface area contributed by atoms with Crippen LogP contribution in [0, 0.1) is 0 Å². The van der Waals surface area contributed by atoms with Crippen LogP contribution in [-0.4, -0.2) is 11.1 Å². The number of Topliss-reactive ketones (excluding diaryl/α,β-unsaturated/α-hetero) is 1. The number of carbonyl (C=O) groups excluding carboxylic acids is 1. The normalized spacial score (nSPS) is 10.4. The maximum atomic E-state index is 10.3. The van der Waals surface area contributed by atoms with Crippen molar-refractivity contribution in [2.75, 3.05) is 5.33 Å². The summed E-state index contributed by atoms with van der Waals surface area (Å²) in [4.78, 5) is 10.3. The Labute approximate surface area is 64.3 Å². The summed E-state index contributed by atoms with van der Waals surface area (Å²) in [7, 11) is 0. The van der Waals surface area contributed by atoms with E-state index in [0.717, 1.165) is 11.8 Å². The van der Waals surface area contributed by atoms with Crippen molar-refractivity contribution in [1.82, 2.24) is 0 Å². The molecular weight excluding hydrogens is 180 g/mol. The topological polar surface area (TPSA) is 17.1 Å². The molecule has 0 aromatic rings. The molecule has 0 N–H and O–H groups in total. The molecule has 0 unspecified atom stereocenters. The van der Waals surface area contributed by atoms with Gasteiger partial charge in [0.1, 0.15) is 5.78 Å². The van der Waals surface area contributed by atoms with Crippen LogP contribution in [0.2, 0.25) is 0 Å². The van der Waals surface area contributed by atoms with Gasteiger partial charge in [-0.25, -0.2) is 0 Å². The number of carbonyl (C=O) groups is 1. The van der Waals surface area contributed by atoms with E-state index in [1.807, 2.05) is 12.2 Å². The molecule has 0 atom stereocenters. The Hall–Kier alpha value is -0.110. The van der Waals surface area contributed by atoms with Gasteiger partial charge in [-0.1, -0.05) is 28.1 Å². The molecule has 9 heavy (non-hydrogen) atoms. The molecule has 0 aromatic heterocycles. The largest absolute Gasteiger partial charge is 0.300 e. The molecule has 0 aromatic carbocycles. The van der Waals surface area contributed by atoms with Gasteiger partial charge >= 0.3 is 0 Å². The summed E-state index contributed by atoms with van der Waals surface area (Å²) >= 11 is 3.28. The quantitative estimate of drug-likeness (QED) is 0.492. The number of rotatable bonds is 4. The third kappa shape index (κ3) is 7.89. The van der Waals surface area contributed by atoms with Crippen LogP contribution >= 0.6 is 15.9 Å². The Morgan fingerprint density at radius 3 is 2.67 bits per heavy atom. The summed E-state index contributed by atoms with van der Waals surface area (Å²) in [6, 6.07) is 0. The van der Waals surface area contributed by atoms with E-state index in [1.165, 1.54) is 0 Å². The van der Waals surface area contributed by atoms with Crippen LogP contribution in [0.3, 0.4) is 0 Å². The molecule has 0 radical (unpaired) electrons. The van der Waals surface area contributed by atoms with Gasteiger partial charge in [-0.2, -0.15) is 0 Å². The predicted octanol–water partition coefficient (Wildman–Crippen LogP) is 2.31. The Morgan fingerprint density at radius 2 is 2.22 bits per heavy atom. The number of ketones is 1. The van der Waals surface area contributed by atoms with Gasteiger partial charge in [0, 0.05) is 11.8 Å². The highest BCUT2D eigenvalue weighted by atomic mass is 79.9. The third-order valence-electron chi connectivity index (χ3n) is 0.848. The Bertz CT molecular complexity index is 107. The molecule has 0 aliphatic rings. The summed E-state index contributed by atoms with van der Waals surface area (Å²) in [6.45, 7) is 1.60. The van der Waals surface area contributed by atoms with E-state index >= 15 is 0 Å². The molecule has 52 valence electrons. The van der Waals surface area contributed by atoms with Gasteiger partial charge in [-0.3, -0.25) is 4.79 Å². The highest BCUT2D eigenvalue weighted by Gasteiger charge is 1.83. The van der Waals surface area contributed by atoms with Crippen molar-refractivity contribution >= 4 is 21.7 Å². The Kier molecular flexibility index (Phi) is 5.94. The Balaban J connectivity index is 3.14. The van der Waals surface area contributed by atoms with Crippen LogP contribution in [0.5, 0.6) is 0 Å². The van der Waals surface area contributed by atoms with Gasteiger partial charge in [0.25, 0.3) is 0 Å². The first-order valence-electron chi connectivity index (χ1n) is 2.97. The summed E-state index contributed by atoms with van der Waals surface area (Å²) in [5.74, 6) is 0.223. The molecule has 1 nitrogen and oxygen atoms in total. The van der Waals surface area contributed by atoms with Crippen LogP contribution in [0.15, 0.2) is 12.2 Å². The molecule has 0 heterocycles. The maximum Gasteiger partial charge on any atom is 0.133 e. The lowest BCUT2D eigenvalue weighted by Gasteiger charge is -1.83. The fourth-order valence-electron chi connectivity index (χ4n) is 0.430. The average Bonchev–Trinajstić information content (AvgIpc) is 1.80. The number of hydrogen-bond donors (Lipinski definition) is 0. The van der Waals surface area contributed by atoms with Crippen molar-refractivity contribution in [1.29, 1.82) is 0 Å². The first-order valence-corrected chi connectivity index (χ1v) is 4.10. The number of alkyl halides is 1. The molecule has 0 saturated heterocycles. The molecule has 2 heteroatoms. The van der Waals surface area contributed by atoms with E-state index in [2.05, 4.69) is 15.9 Å². The molecule has 0 aliphatic carbocycles. The van der Waals surface area contributed by atoms with E-state index in [1.54, 1.807) is 6.92 Å². The van der Waals surface area contributed by atoms with Crippen molar-refractivity contribution in [3.05, 3.63) is 12.2 Å². The molecule has 0 spiro atoms. The average molecular weight is 191 g/mol. The minimum atomic E-state index is 0.223. The van der Waals surface area contributed by atoms with Crippen molar-refractivity contribution in [3.63, 3.8) is 0 Å². The Morgan fingerprint density at radius 1 is 1.56 bits per heavy atom. The summed E-state index contributed by atoms with van der Waals surface area (Å²) in [5, 5.41) is 0.974. The monoisotopic (exact) mass is 190 g/mol. The minimum Gasteiger partial charge on any atom is -0.300 e. The summed E-state index contributed by atoms with van der Waals surface area (Å²) in [6.07, 6.45) is 5.50. The van der Waals surface area contributed by atoms with E-state index in [9.17, 15) is 4.79 Å². The van der Waals surface area contributed by atoms with E-state index < -0.39 is 0 Å². The molecule has 0 rings (SSSR count). The van der Waals surface area contributed by atoms with E-state index in [4.69, 9.17) is 0 Å². The van der Waals surface area contributed by atoms with Crippen molar-refractivity contribution < 1.29 is 4.79 Å². The lowest BCUT2D eigenvalue weighted by molar-refractivity contribution is -0.116. The van der Waals surface area contributed by atoms with E-state index in [-0.39, 0.29) is 5.78 Å². The molecule has 0 aliphatic heterocycles. The van der Waals surface area contributed by atoms with Crippen LogP contribution < -0.4 is 0 Å². The second-order valence-corrected chi connectivity index (χ2v) is 2.65. The van der Waals surface area contributed by atoms with Crippen LogP contribution in [0.1, 0.15) is 19.8 Å². The molecule has 0 bridgehead atoms. The minimum absolute atomic E-state index is 0.223. The van der Waals surface area contributed by atoms with Crippen LogP contribution in [0.4, 0.5) is 0 Å². The predicted molar refractivity (Wildman–Crippen MR) is 42.8 cm³/mol. The summed E-state index contributed by atoms with van der Waals surface area (Å²) in [5.41, 5.74) is 0. The van der Waals surface area contributed by atoms with Gasteiger partial charge in [0.05, 0.1) is 0 Å². The number of hydrogen-bond acceptors (Lipinski definition) is 1. The fraction of sp³-hybridized carbons (Fsp3) is 0.571. The smallest absolute Gasteiger partial charge is 0.133 e. The third-order valence-corrected chi connectivity index (χ3v) is 1.31. The molecule has 0 saturated carbocycles. The highest BCUT2D eigenvalue weighted by Crippen LogP contribution is 1.91. The van der Waals surface area contributed by atoms with Crippen LogP contribution in [-0.2, 0) is 4.79 Å². The SMILES string of the molecule is CC(=O)C/C=C\CCBr. The second-order valence-electron chi connectivity index (χ2n) is 1.86. The molecular formula is C7H11BrO. The zero-order valence-corrected chi connectivity index (χ0v) is 7.15. The van der Waals surface area contributed by atoms with Gasteiger partial charge in [0.15, 0.2) is 0 Å². The molecule has 0 amide bonds. The van der Waals surface area contributed by atoms with Crippen molar-refractivity contribution in [2.45, 2.75) is 19.8 Å². The van der Waals surface area contributed by atoms with E-state index in [0.29, 0.717) is 6.42 Å². The van der Waals surface area contributed by atoms with Gasteiger partial charge < -0.3 is 0 Å². The van der Waals surface area contributed by atoms with Gasteiger partial charge in [-0.15, -0.1) is 0 Å². The van der Waals surface area contributed by atoms with Gasteiger partial charge in [-0.05, 0) is 13.3 Å². The zero-order valence-electron chi connectivity index (χ0n) is 5.56.